The molecular formula is C16H22F2O11S. The summed E-state index contributed by atoms with van der Waals surface area (Å²) < 4.78 is 69.7. The molecule has 0 aromatic heterocycles. The molecule has 30 heavy (non-hydrogen) atoms. The number of carbonyl (C=O) groups is 3. The number of rotatable bonds is 8. The molecule has 0 amide bonds. The lowest BCUT2D eigenvalue weighted by atomic mass is 9.71. The quantitative estimate of drug-likeness (QED) is 0.188. The van der Waals surface area contributed by atoms with E-state index in [0.717, 1.165) is 0 Å². The average molecular weight is 460 g/mol. The zero-order valence-electron chi connectivity index (χ0n) is 16.0. The molecule has 14 heteroatoms. The summed E-state index contributed by atoms with van der Waals surface area (Å²) in [5, 5.41) is 14.1. The molecule has 1 aliphatic heterocycles. The maximum absolute atomic E-state index is 13.1. The summed E-state index contributed by atoms with van der Waals surface area (Å²) in [6.07, 6.45) is -6.22. The minimum Gasteiger partial charge on any atom is -0.458 e. The van der Waals surface area contributed by atoms with Gasteiger partial charge in [0.05, 0.1) is 24.4 Å². The highest BCUT2D eigenvalue weighted by atomic mass is 32.2. The van der Waals surface area contributed by atoms with Crippen LogP contribution >= 0.6 is 0 Å². The third-order valence-electron chi connectivity index (χ3n) is 5.04. The van der Waals surface area contributed by atoms with Crippen molar-refractivity contribution >= 4 is 28.0 Å². The van der Waals surface area contributed by atoms with Crippen molar-refractivity contribution in [2.75, 3.05) is 0 Å². The largest absolute Gasteiger partial charge is 0.458 e. The molecule has 2 aliphatic rings. The summed E-state index contributed by atoms with van der Waals surface area (Å²) in [4.78, 5) is 35.4. The Balaban J connectivity index is 1.89. The second-order valence-corrected chi connectivity index (χ2v) is 9.22. The second-order valence-electron chi connectivity index (χ2n) is 7.72. The van der Waals surface area contributed by atoms with Crippen LogP contribution in [-0.4, -0.2) is 70.4 Å². The Kier molecular flexibility index (Phi) is 6.76. The lowest BCUT2D eigenvalue weighted by Crippen LogP contribution is -2.45. The Morgan fingerprint density at radius 3 is 2.33 bits per heavy atom. The zero-order chi connectivity index (χ0) is 23.1. The van der Waals surface area contributed by atoms with E-state index in [4.69, 9.17) is 19.1 Å². The first kappa shape index (κ1) is 24.4. The third kappa shape index (κ3) is 5.22. The first-order chi connectivity index (χ1) is 13.5. The van der Waals surface area contributed by atoms with Crippen LogP contribution in [0.15, 0.2) is 0 Å². The smallest absolute Gasteiger partial charge is 0.430 e. The molecule has 0 radical (unpaired) electrons. The molecular weight excluding hydrogens is 438 g/mol. The highest BCUT2D eigenvalue weighted by Crippen LogP contribution is 2.44. The van der Waals surface area contributed by atoms with Gasteiger partial charge in [-0.2, -0.15) is 17.2 Å². The van der Waals surface area contributed by atoms with Crippen LogP contribution in [0.1, 0.15) is 39.5 Å². The highest BCUT2D eigenvalue weighted by Gasteiger charge is 2.55. The lowest BCUT2D eigenvalue weighted by Gasteiger charge is -2.37. The Bertz CT molecular complexity index is 804. The summed E-state index contributed by atoms with van der Waals surface area (Å²) in [5.74, 6) is -4.10. The van der Waals surface area contributed by atoms with Gasteiger partial charge in [-0.3, -0.25) is 18.9 Å². The lowest BCUT2D eigenvalue weighted by molar-refractivity contribution is -0.205. The predicted molar refractivity (Wildman–Crippen MR) is 90.1 cm³/mol. The topological polar surface area (TPSA) is 174 Å². The van der Waals surface area contributed by atoms with Gasteiger partial charge in [-0.15, -0.1) is 0 Å². The fourth-order valence-electron chi connectivity index (χ4n) is 3.47. The minimum atomic E-state index is -6.04. The van der Waals surface area contributed by atoms with Crippen molar-refractivity contribution in [2.24, 2.45) is 11.8 Å². The van der Waals surface area contributed by atoms with Crippen molar-refractivity contribution in [3.8, 4) is 0 Å². The van der Waals surface area contributed by atoms with Crippen molar-refractivity contribution in [1.82, 2.24) is 0 Å². The van der Waals surface area contributed by atoms with Gasteiger partial charge in [0.2, 0.25) is 0 Å². The maximum atomic E-state index is 13.1. The molecule has 0 aromatic carbocycles. The summed E-state index contributed by atoms with van der Waals surface area (Å²) in [5.41, 5.74) is -1.25. The van der Waals surface area contributed by atoms with E-state index >= 15 is 0 Å². The molecule has 5 unspecified atom stereocenters. The van der Waals surface area contributed by atoms with E-state index < -0.39 is 82.1 Å². The van der Waals surface area contributed by atoms with E-state index in [9.17, 15) is 36.7 Å². The Morgan fingerprint density at radius 2 is 1.80 bits per heavy atom. The van der Waals surface area contributed by atoms with Crippen LogP contribution < -0.4 is 0 Å². The Labute approximate surface area is 170 Å². The maximum Gasteiger partial charge on any atom is 0.430 e. The first-order valence-electron chi connectivity index (χ1n) is 8.88. The van der Waals surface area contributed by atoms with Gasteiger partial charge in [0.1, 0.15) is 12.2 Å². The SMILES string of the molecule is CC(C)(O)C1CC(OC(=O)CCC(=O)OC(O)C(F)(F)S(=O)(=O)O)C2CC1C(=O)O2. The second kappa shape index (κ2) is 8.32. The van der Waals surface area contributed by atoms with Gasteiger partial charge in [-0.05, 0) is 20.3 Å². The summed E-state index contributed by atoms with van der Waals surface area (Å²) in [6, 6.07) is 0. The van der Waals surface area contributed by atoms with Crippen LogP contribution in [0.5, 0.6) is 0 Å². The molecule has 5 atom stereocenters. The molecule has 0 spiro atoms. The van der Waals surface area contributed by atoms with E-state index in [-0.39, 0.29) is 12.8 Å². The molecule has 1 saturated carbocycles. The number of ether oxygens (including phenoxy) is 3. The molecule has 2 fully saturated rings. The molecule has 1 aliphatic carbocycles. The Morgan fingerprint density at radius 1 is 1.23 bits per heavy atom. The summed E-state index contributed by atoms with van der Waals surface area (Å²) in [7, 11) is -6.04. The fourth-order valence-corrected chi connectivity index (χ4v) is 3.77. The van der Waals surface area contributed by atoms with Crippen molar-refractivity contribution in [1.29, 1.82) is 0 Å². The van der Waals surface area contributed by atoms with Crippen LogP contribution in [-0.2, 0) is 38.7 Å². The van der Waals surface area contributed by atoms with E-state index in [1.807, 2.05) is 0 Å². The molecule has 3 N–H and O–H groups in total. The van der Waals surface area contributed by atoms with Gasteiger partial charge in [-0.25, -0.2) is 0 Å². The number of alkyl halides is 2. The molecule has 1 heterocycles. The fraction of sp³-hybridized carbons (Fsp3) is 0.812. The van der Waals surface area contributed by atoms with Gasteiger partial charge < -0.3 is 24.4 Å². The molecule has 1 saturated heterocycles. The standard InChI is InChI=1S/C16H22F2O11S/c1-15(2,23)8-6-10(9-5-7(8)13(21)28-9)27-11(19)3-4-12(20)29-14(22)16(17,18)30(24,25)26/h7-10,14,22-23H,3-6H2,1-2H3,(H,24,25,26). The van der Waals surface area contributed by atoms with Crippen LogP contribution in [0.25, 0.3) is 0 Å². The van der Waals surface area contributed by atoms with Gasteiger partial charge in [0.15, 0.2) is 0 Å². The molecule has 0 aromatic rings. The number of halogens is 2. The number of hydrogen-bond acceptors (Lipinski definition) is 10. The number of hydrogen-bond donors (Lipinski definition) is 3. The summed E-state index contributed by atoms with van der Waals surface area (Å²) in [6.45, 7) is 3.01. The van der Waals surface area contributed by atoms with Crippen molar-refractivity contribution in [3.63, 3.8) is 0 Å². The number of carbonyl (C=O) groups excluding carboxylic acids is 3. The number of aliphatic hydroxyl groups is 2. The minimum absolute atomic E-state index is 0.125. The van der Waals surface area contributed by atoms with E-state index in [0.29, 0.717) is 0 Å². The van der Waals surface area contributed by atoms with Crippen LogP contribution in [0.2, 0.25) is 0 Å². The van der Waals surface area contributed by atoms with Crippen LogP contribution in [0, 0.1) is 11.8 Å². The van der Waals surface area contributed by atoms with Crippen molar-refractivity contribution in [3.05, 3.63) is 0 Å². The molecule has 2 bridgehead atoms. The molecule has 172 valence electrons. The number of esters is 3. The van der Waals surface area contributed by atoms with Crippen LogP contribution in [0.4, 0.5) is 8.78 Å². The highest BCUT2D eigenvalue weighted by molar-refractivity contribution is 7.86. The third-order valence-corrected chi connectivity index (χ3v) is 5.93. The van der Waals surface area contributed by atoms with Crippen molar-refractivity contribution < 1.29 is 60.6 Å². The average Bonchev–Trinajstić information content (AvgIpc) is 2.90. The van der Waals surface area contributed by atoms with E-state index in [1.165, 1.54) is 13.8 Å². The van der Waals surface area contributed by atoms with Gasteiger partial charge >= 0.3 is 33.3 Å². The first-order valence-corrected chi connectivity index (χ1v) is 10.3. The van der Waals surface area contributed by atoms with E-state index in [1.54, 1.807) is 0 Å². The van der Waals surface area contributed by atoms with Gasteiger partial charge in [-0.1, -0.05) is 0 Å². The zero-order valence-corrected chi connectivity index (χ0v) is 16.8. The molecule has 2 rings (SSSR count). The van der Waals surface area contributed by atoms with Gasteiger partial charge in [0.25, 0.3) is 6.29 Å². The normalized spacial score (nSPS) is 27.9. The predicted octanol–water partition coefficient (Wildman–Crippen LogP) is -0.257. The number of fused-ring (bicyclic) bond motifs is 2. The van der Waals surface area contributed by atoms with Crippen LogP contribution in [0.3, 0.4) is 0 Å². The van der Waals surface area contributed by atoms with Gasteiger partial charge in [0, 0.05) is 12.3 Å². The summed E-state index contributed by atoms with van der Waals surface area (Å²) >= 11 is 0. The van der Waals surface area contributed by atoms with Crippen molar-refractivity contribution in [2.45, 2.75) is 68.9 Å². The number of aliphatic hydroxyl groups excluding tert-OH is 1. The Hall–Kier alpha value is -1.90. The molecule has 11 nitrogen and oxygen atoms in total. The van der Waals surface area contributed by atoms with E-state index in [2.05, 4.69) is 4.74 Å². The monoisotopic (exact) mass is 460 g/mol.